The Morgan fingerprint density at radius 3 is 2.93 bits per heavy atom. The number of carbonyl (C=O) groups is 1. The Balaban J connectivity index is 1.42. The van der Waals surface area contributed by atoms with Crippen molar-refractivity contribution in [2.45, 2.75) is 45.1 Å². The second kappa shape index (κ2) is 6.36. The number of H-pyrrole nitrogens is 1. The van der Waals surface area contributed by atoms with Gasteiger partial charge in [0.15, 0.2) is 0 Å². The van der Waals surface area contributed by atoms with E-state index in [1.54, 1.807) is 0 Å². The monoisotopic (exact) mass is 379 g/mol. The summed E-state index contributed by atoms with van der Waals surface area (Å²) in [6.07, 6.45) is 7.25. The fourth-order valence-corrected chi connectivity index (χ4v) is 4.59. The average Bonchev–Trinajstić information content (AvgIpc) is 3.15. The maximum atomic E-state index is 13.1. The SMILES string of the molecule is Cc1cc(CC(=O)N2CCCN(c3c(C)cnc4[nH]ccc34)CC23CC3)on1. The molecule has 3 aromatic rings. The number of anilines is 1. The van der Waals surface area contributed by atoms with Gasteiger partial charge in [-0.3, -0.25) is 4.79 Å². The highest BCUT2D eigenvalue weighted by Gasteiger charge is 2.52. The molecule has 7 nitrogen and oxygen atoms in total. The number of pyridine rings is 1. The smallest absolute Gasteiger partial charge is 0.230 e. The number of hydrogen-bond acceptors (Lipinski definition) is 5. The van der Waals surface area contributed by atoms with Gasteiger partial charge < -0.3 is 19.3 Å². The third kappa shape index (κ3) is 2.85. The molecule has 0 atom stereocenters. The van der Waals surface area contributed by atoms with Crippen molar-refractivity contribution in [2.75, 3.05) is 24.5 Å². The minimum atomic E-state index is -0.0546. The maximum Gasteiger partial charge on any atom is 0.230 e. The summed E-state index contributed by atoms with van der Waals surface area (Å²) in [6, 6.07) is 3.95. The van der Waals surface area contributed by atoms with Crippen LogP contribution in [0.2, 0.25) is 0 Å². The normalized spacial score (nSPS) is 18.6. The van der Waals surface area contributed by atoms with Crippen LogP contribution < -0.4 is 4.90 Å². The van der Waals surface area contributed by atoms with Gasteiger partial charge in [-0.1, -0.05) is 5.16 Å². The van der Waals surface area contributed by atoms with E-state index in [4.69, 9.17) is 4.52 Å². The molecule has 1 saturated carbocycles. The molecule has 2 aliphatic rings. The summed E-state index contributed by atoms with van der Waals surface area (Å²) in [6.45, 7) is 6.61. The predicted octanol–water partition coefficient (Wildman–Crippen LogP) is 2.98. The van der Waals surface area contributed by atoms with Gasteiger partial charge in [-0.05, 0) is 44.7 Å². The van der Waals surface area contributed by atoms with Crippen molar-refractivity contribution in [3.8, 4) is 0 Å². The zero-order valence-electron chi connectivity index (χ0n) is 16.4. The van der Waals surface area contributed by atoms with Crippen LogP contribution in [-0.4, -0.2) is 51.1 Å². The largest absolute Gasteiger partial charge is 0.368 e. The number of carbonyl (C=O) groups excluding carboxylic acids is 1. The molecule has 1 N–H and O–H groups in total. The van der Waals surface area contributed by atoms with Crippen LogP contribution in [-0.2, 0) is 11.2 Å². The Hall–Kier alpha value is -2.83. The molecule has 7 heteroatoms. The molecule has 1 saturated heterocycles. The van der Waals surface area contributed by atoms with E-state index in [-0.39, 0.29) is 11.4 Å². The summed E-state index contributed by atoms with van der Waals surface area (Å²) in [5.74, 6) is 0.798. The summed E-state index contributed by atoms with van der Waals surface area (Å²) in [5, 5.41) is 5.07. The molecule has 0 radical (unpaired) electrons. The van der Waals surface area contributed by atoms with E-state index in [1.165, 1.54) is 11.3 Å². The lowest BCUT2D eigenvalue weighted by Gasteiger charge is -2.33. The van der Waals surface area contributed by atoms with Gasteiger partial charge in [-0.15, -0.1) is 0 Å². The highest BCUT2D eigenvalue weighted by Crippen LogP contribution is 2.45. The van der Waals surface area contributed by atoms with Crippen LogP contribution in [0, 0.1) is 13.8 Å². The Kier molecular flexibility index (Phi) is 3.92. The zero-order valence-corrected chi connectivity index (χ0v) is 16.4. The lowest BCUT2D eigenvalue weighted by Crippen LogP contribution is -2.47. The van der Waals surface area contributed by atoms with Gasteiger partial charge >= 0.3 is 0 Å². The number of amides is 1. The van der Waals surface area contributed by atoms with Crippen LogP contribution in [0.4, 0.5) is 5.69 Å². The van der Waals surface area contributed by atoms with Gasteiger partial charge in [-0.2, -0.15) is 0 Å². The quantitative estimate of drug-likeness (QED) is 0.757. The van der Waals surface area contributed by atoms with Crippen LogP contribution in [0.15, 0.2) is 29.0 Å². The summed E-state index contributed by atoms with van der Waals surface area (Å²) in [4.78, 5) is 25.4. The van der Waals surface area contributed by atoms with Gasteiger partial charge in [0.25, 0.3) is 0 Å². The number of nitrogens with zero attached hydrogens (tertiary/aromatic N) is 4. The van der Waals surface area contributed by atoms with Crippen LogP contribution in [0.1, 0.15) is 36.3 Å². The lowest BCUT2D eigenvalue weighted by atomic mass is 10.1. The van der Waals surface area contributed by atoms with Crippen molar-refractivity contribution in [1.82, 2.24) is 20.0 Å². The summed E-state index contributed by atoms with van der Waals surface area (Å²) in [5.41, 5.74) is 4.11. The number of fused-ring (bicyclic) bond motifs is 1. The van der Waals surface area contributed by atoms with Crippen molar-refractivity contribution >= 4 is 22.6 Å². The molecule has 4 heterocycles. The maximum absolute atomic E-state index is 13.1. The van der Waals surface area contributed by atoms with Crippen molar-refractivity contribution in [3.05, 3.63) is 41.5 Å². The highest BCUT2D eigenvalue weighted by molar-refractivity contribution is 5.91. The Morgan fingerprint density at radius 2 is 2.18 bits per heavy atom. The summed E-state index contributed by atoms with van der Waals surface area (Å²) >= 11 is 0. The minimum Gasteiger partial charge on any atom is -0.368 e. The average molecular weight is 379 g/mol. The van der Waals surface area contributed by atoms with Crippen molar-refractivity contribution in [1.29, 1.82) is 0 Å². The molecule has 1 aliphatic carbocycles. The number of nitrogens with one attached hydrogen (secondary N) is 1. The number of aromatic amines is 1. The van der Waals surface area contributed by atoms with E-state index < -0.39 is 0 Å². The molecule has 1 spiro atoms. The highest BCUT2D eigenvalue weighted by atomic mass is 16.5. The van der Waals surface area contributed by atoms with Gasteiger partial charge in [0.1, 0.15) is 11.4 Å². The fourth-order valence-electron chi connectivity index (χ4n) is 4.59. The molecule has 0 bridgehead atoms. The molecular formula is C21H25N5O2. The molecule has 1 amide bonds. The van der Waals surface area contributed by atoms with E-state index >= 15 is 0 Å². The third-order valence-corrected chi connectivity index (χ3v) is 6.06. The summed E-state index contributed by atoms with van der Waals surface area (Å²) < 4.78 is 5.27. The first kappa shape index (κ1) is 17.3. The van der Waals surface area contributed by atoms with E-state index in [0.29, 0.717) is 12.2 Å². The first-order chi connectivity index (χ1) is 13.6. The molecule has 146 valence electrons. The van der Waals surface area contributed by atoms with E-state index in [1.807, 2.05) is 25.4 Å². The van der Waals surface area contributed by atoms with Crippen molar-refractivity contribution in [2.24, 2.45) is 0 Å². The molecule has 5 rings (SSSR count). The predicted molar refractivity (Wildman–Crippen MR) is 106 cm³/mol. The van der Waals surface area contributed by atoms with Gasteiger partial charge in [0.05, 0.1) is 23.3 Å². The van der Waals surface area contributed by atoms with Crippen LogP contribution >= 0.6 is 0 Å². The Morgan fingerprint density at radius 1 is 1.32 bits per heavy atom. The summed E-state index contributed by atoms with van der Waals surface area (Å²) in [7, 11) is 0. The molecule has 1 aliphatic heterocycles. The van der Waals surface area contributed by atoms with E-state index in [9.17, 15) is 4.79 Å². The van der Waals surface area contributed by atoms with E-state index in [2.05, 4.69) is 37.9 Å². The first-order valence-corrected chi connectivity index (χ1v) is 9.96. The lowest BCUT2D eigenvalue weighted by molar-refractivity contribution is -0.133. The van der Waals surface area contributed by atoms with Crippen LogP contribution in [0.3, 0.4) is 0 Å². The van der Waals surface area contributed by atoms with E-state index in [0.717, 1.165) is 55.6 Å². The molecule has 2 fully saturated rings. The second-order valence-electron chi connectivity index (χ2n) is 8.19. The molecule has 3 aromatic heterocycles. The zero-order chi connectivity index (χ0) is 19.3. The fraction of sp³-hybridized carbons (Fsp3) is 0.476. The number of hydrogen-bond donors (Lipinski definition) is 1. The molecular weight excluding hydrogens is 354 g/mol. The number of rotatable bonds is 3. The molecule has 0 aromatic carbocycles. The molecule has 28 heavy (non-hydrogen) atoms. The topological polar surface area (TPSA) is 78.3 Å². The number of aromatic nitrogens is 3. The van der Waals surface area contributed by atoms with Crippen molar-refractivity contribution < 1.29 is 9.32 Å². The van der Waals surface area contributed by atoms with Crippen LogP contribution in [0.25, 0.3) is 11.0 Å². The standard InChI is InChI=1S/C21H25N5O2/c1-14-12-23-20-17(4-7-22-20)19(14)25-8-3-9-26(21(13-25)5-6-21)18(27)11-16-10-15(2)24-28-16/h4,7,10,12H,3,5-6,8-9,11,13H2,1-2H3,(H,22,23). The Labute approximate surface area is 163 Å². The first-order valence-electron chi connectivity index (χ1n) is 9.96. The second-order valence-corrected chi connectivity index (χ2v) is 8.19. The van der Waals surface area contributed by atoms with Crippen LogP contribution in [0.5, 0.6) is 0 Å². The van der Waals surface area contributed by atoms with Gasteiger partial charge in [0, 0.05) is 43.5 Å². The number of aryl methyl sites for hydroxylation is 2. The Bertz CT molecular complexity index is 1030. The van der Waals surface area contributed by atoms with Gasteiger partial charge in [0.2, 0.25) is 5.91 Å². The third-order valence-electron chi connectivity index (χ3n) is 6.06. The molecule has 0 unspecified atom stereocenters. The minimum absolute atomic E-state index is 0.0546. The van der Waals surface area contributed by atoms with Crippen molar-refractivity contribution in [3.63, 3.8) is 0 Å². The van der Waals surface area contributed by atoms with Gasteiger partial charge in [-0.25, -0.2) is 4.98 Å².